The van der Waals surface area contributed by atoms with Crippen molar-refractivity contribution in [1.82, 2.24) is 4.98 Å². The molecule has 2 aromatic rings. The lowest BCUT2D eigenvalue weighted by Gasteiger charge is -2.29. The Morgan fingerprint density at radius 1 is 1.23 bits per heavy atom. The standard InChI is InChI=1S/C19H27N3O4/c1-10(2)7-15(19(25)26)22(4)17-14(18(23)24)6-5-13-12(8-11(3)20)9-21-16(13)17/h5-6,9-11,15,21H,7-8,20H2,1-4H3,(H,23,24)(H,25,26)/t11-,15-/m0/s1. The smallest absolute Gasteiger partial charge is 0.337 e. The van der Waals surface area contributed by atoms with Crippen molar-refractivity contribution in [2.24, 2.45) is 11.7 Å². The van der Waals surface area contributed by atoms with E-state index in [0.29, 0.717) is 24.0 Å². The number of carboxylic acid groups (broad SMARTS) is 2. The molecular weight excluding hydrogens is 334 g/mol. The first kappa shape index (κ1) is 19.8. The van der Waals surface area contributed by atoms with E-state index in [1.165, 1.54) is 6.07 Å². The van der Waals surface area contributed by atoms with Crippen LogP contribution in [0.25, 0.3) is 10.9 Å². The minimum absolute atomic E-state index is 0.0398. The van der Waals surface area contributed by atoms with Gasteiger partial charge in [-0.15, -0.1) is 0 Å². The van der Waals surface area contributed by atoms with Gasteiger partial charge >= 0.3 is 11.9 Å². The molecule has 1 heterocycles. The zero-order valence-corrected chi connectivity index (χ0v) is 15.6. The molecule has 7 heteroatoms. The van der Waals surface area contributed by atoms with Gasteiger partial charge in [0.15, 0.2) is 0 Å². The first-order valence-corrected chi connectivity index (χ1v) is 8.70. The van der Waals surface area contributed by atoms with Crippen LogP contribution in [0.1, 0.15) is 43.1 Å². The molecule has 2 atom stereocenters. The topological polar surface area (TPSA) is 120 Å². The monoisotopic (exact) mass is 361 g/mol. The zero-order chi connectivity index (χ0) is 19.6. The third-order valence-corrected chi connectivity index (χ3v) is 4.49. The van der Waals surface area contributed by atoms with Crippen LogP contribution in [0.4, 0.5) is 5.69 Å². The minimum Gasteiger partial charge on any atom is -0.480 e. The van der Waals surface area contributed by atoms with Crippen molar-refractivity contribution in [1.29, 1.82) is 0 Å². The van der Waals surface area contributed by atoms with Crippen LogP contribution in [0.2, 0.25) is 0 Å². The highest BCUT2D eigenvalue weighted by Gasteiger charge is 2.29. The normalized spacial score (nSPS) is 13.8. The van der Waals surface area contributed by atoms with Crippen LogP contribution in [-0.2, 0) is 11.2 Å². The van der Waals surface area contributed by atoms with E-state index in [2.05, 4.69) is 4.98 Å². The van der Waals surface area contributed by atoms with Crippen molar-refractivity contribution in [2.75, 3.05) is 11.9 Å². The number of rotatable bonds is 8. The number of aromatic nitrogens is 1. The lowest BCUT2D eigenvalue weighted by atomic mass is 9.99. The average Bonchev–Trinajstić information content (AvgIpc) is 2.92. The van der Waals surface area contributed by atoms with Crippen molar-refractivity contribution >= 4 is 28.5 Å². The van der Waals surface area contributed by atoms with E-state index in [4.69, 9.17) is 5.73 Å². The molecule has 0 bridgehead atoms. The van der Waals surface area contributed by atoms with Crippen molar-refractivity contribution < 1.29 is 19.8 Å². The highest BCUT2D eigenvalue weighted by Crippen LogP contribution is 2.34. The molecule has 26 heavy (non-hydrogen) atoms. The van der Waals surface area contributed by atoms with Gasteiger partial charge in [-0.3, -0.25) is 0 Å². The number of nitrogens with two attached hydrogens (primary N) is 1. The number of carboxylic acids is 2. The molecular formula is C19H27N3O4. The Morgan fingerprint density at radius 2 is 1.88 bits per heavy atom. The molecule has 5 N–H and O–H groups in total. The highest BCUT2D eigenvalue weighted by molar-refractivity contribution is 6.06. The molecule has 1 aromatic carbocycles. The van der Waals surface area contributed by atoms with Crippen LogP contribution < -0.4 is 10.6 Å². The third kappa shape index (κ3) is 3.99. The second-order valence-electron chi connectivity index (χ2n) is 7.28. The van der Waals surface area contributed by atoms with Gasteiger partial charge in [-0.2, -0.15) is 0 Å². The van der Waals surface area contributed by atoms with Gasteiger partial charge in [0.1, 0.15) is 6.04 Å². The van der Waals surface area contributed by atoms with Gasteiger partial charge in [-0.05, 0) is 37.3 Å². The van der Waals surface area contributed by atoms with E-state index in [1.54, 1.807) is 18.0 Å². The molecule has 2 rings (SSSR count). The van der Waals surface area contributed by atoms with Crippen LogP contribution in [0.15, 0.2) is 18.3 Å². The molecule has 142 valence electrons. The molecule has 0 unspecified atom stereocenters. The Labute approximate surface area is 152 Å². The number of nitrogens with zero attached hydrogens (tertiary/aromatic N) is 1. The Hall–Kier alpha value is -2.54. The van der Waals surface area contributed by atoms with E-state index >= 15 is 0 Å². The molecule has 0 aliphatic carbocycles. The second-order valence-corrected chi connectivity index (χ2v) is 7.28. The van der Waals surface area contributed by atoms with Gasteiger partial charge in [0.2, 0.25) is 0 Å². The van der Waals surface area contributed by atoms with E-state index in [0.717, 1.165) is 10.9 Å². The van der Waals surface area contributed by atoms with Crippen LogP contribution in [0.3, 0.4) is 0 Å². The lowest BCUT2D eigenvalue weighted by Crippen LogP contribution is -2.40. The number of H-pyrrole nitrogens is 1. The molecule has 7 nitrogen and oxygen atoms in total. The van der Waals surface area contributed by atoms with E-state index < -0.39 is 18.0 Å². The maximum atomic E-state index is 11.8. The predicted octanol–water partition coefficient (Wildman–Crippen LogP) is 2.69. The number of benzene rings is 1. The zero-order valence-electron chi connectivity index (χ0n) is 15.6. The molecule has 0 radical (unpaired) electrons. The number of hydrogen-bond acceptors (Lipinski definition) is 4. The summed E-state index contributed by atoms with van der Waals surface area (Å²) in [7, 11) is 1.63. The van der Waals surface area contributed by atoms with Gasteiger partial charge in [0.25, 0.3) is 0 Å². The van der Waals surface area contributed by atoms with E-state index in [-0.39, 0.29) is 17.5 Å². The first-order chi connectivity index (χ1) is 12.1. The quantitative estimate of drug-likeness (QED) is 0.574. The molecule has 0 fully saturated rings. The number of carbonyl (C=O) groups is 2. The second kappa shape index (κ2) is 7.78. The highest BCUT2D eigenvalue weighted by atomic mass is 16.4. The van der Waals surface area contributed by atoms with Gasteiger partial charge in [-0.1, -0.05) is 19.9 Å². The summed E-state index contributed by atoms with van der Waals surface area (Å²) < 4.78 is 0. The van der Waals surface area contributed by atoms with Gasteiger partial charge < -0.3 is 25.8 Å². The summed E-state index contributed by atoms with van der Waals surface area (Å²) in [4.78, 5) is 28.3. The van der Waals surface area contributed by atoms with Crippen molar-refractivity contribution in [3.8, 4) is 0 Å². The maximum Gasteiger partial charge on any atom is 0.337 e. The Kier molecular flexibility index (Phi) is 5.92. The fraction of sp³-hybridized carbons (Fsp3) is 0.474. The minimum atomic E-state index is -1.09. The van der Waals surface area contributed by atoms with Crippen LogP contribution in [0, 0.1) is 5.92 Å². The van der Waals surface area contributed by atoms with Crippen molar-refractivity contribution in [2.45, 2.75) is 45.7 Å². The van der Waals surface area contributed by atoms with Gasteiger partial charge in [0.05, 0.1) is 16.8 Å². The third-order valence-electron chi connectivity index (χ3n) is 4.49. The molecule has 0 aliphatic heterocycles. The number of aromatic amines is 1. The van der Waals surface area contributed by atoms with Crippen LogP contribution in [-0.4, -0.2) is 46.3 Å². The number of likely N-dealkylation sites (N-methyl/N-ethyl adjacent to an activating group) is 1. The van der Waals surface area contributed by atoms with E-state index in [9.17, 15) is 19.8 Å². The number of fused-ring (bicyclic) bond motifs is 1. The molecule has 0 amide bonds. The predicted molar refractivity (Wildman–Crippen MR) is 102 cm³/mol. The first-order valence-electron chi connectivity index (χ1n) is 8.70. The largest absolute Gasteiger partial charge is 0.480 e. The molecule has 0 saturated carbocycles. The van der Waals surface area contributed by atoms with Crippen molar-refractivity contribution in [3.63, 3.8) is 0 Å². The summed E-state index contributed by atoms with van der Waals surface area (Å²) in [5.74, 6) is -1.91. The molecule has 0 saturated heterocycles. The average molecular weight is 361 g/mol. The molecule has 0 spiro atoms. The summed E-state index contributed by atoms with van der Waals surface area (Å²) in [5.41, 5.74) is 7.97. The fourth-order valence-electron chi connectivity index (χ4n) is 3.32. The number of nitrogens with one attached hydrogen (secondary N) is 1. The van der Waals surface area contributed by atoms with Crippen LogP contribution >= 0.6 is 0 Å². The summed E-state index contributed by atoms with van der Waals surface area (Å²) in [5, 5.41) is 20.1. The summed E-state index contributed by atoms with van der Waals surface area (Å²) >= 11 is 0. The van der Waals surface area contributed by atoms with Crippen LogP contribution in [0.5, 0.6) is 0 Å². The van der Waals surface area contributed by atoms with E-state index in [1.807, 2.05) is 27.0 Å². The summed E-state index contributed by atoms with van der Waals surface area (Å²) in [6.45, 7) is 5.79. The number of hydrogen-bond donors (Lipinski definition) is 4. The number of aromatic carboxylic acids is 1. The number of anilines is 1. The molecule has 1 aromatic heterocycles. The van der Waals surface area contributed by atoms with Gasteiger partial charge in [-0.25, -0.2) is 9.59 Å². The SMILES string of the molecule is CC(C)C[C@@H](C(=O)O)N(C)c1c(C(=O)O)ccc2c(C[C@H](C)N)c[nH]c12. The Morgan fingerprint density at radius 3 is 2.38 bits per heavy atom. The lowest BCUT2D eigenvalue weighted by molar-refractivity contribution is -0.138. The fourth-order valence-corrected chi connectivity index (χ4v) is 3.32. The summed E-state index contributed by atoms with van der Waals surface area (Å²) in [6, 6.07) is 2.42. The number of aliphatic carboxylic acids is 1. The summed E-state index contributed by atoms with van der Waals surface area (Å²) in [6.07, 6.45) is 2.87. The van der Waals surface area contributed by atoms with Gasteiger partial charge in [0, 0.05) is 24.7 Å². The maximum absolute atomic E-state index is 11.8. The Balaban J connectivity index is 2.65. The Bertz CT molecular complexity index is 810. The molecule has 0 aliphatic rings. The van der Waals surface area contributed by atoms with Crippen molar-refractivity contribution in [3.05, 3.63) is 29.5 Å².